The van der Waals surface area contributed by atoms with Crippen LogP contribution in [-0.4, -0.2) is 68.3 Å². The van der Waals surface area contributed by atoms with Crippen molar-refractivity contribution in [2.75, 3.05) is 53.0 Å². The highest BCUT2D eigenvalue weighted by molar-refractivity contribution is 4.95. The number of hydrogen-bond donors (Lipinski definition) is 1. The molecular formula is C15H33N3O. The largest absolute Gasteiger partial charge is 0.380 e. The van der Waals surface area contributed by atoms with Crippen LogP contribution in [0, 0.1) is 5.92 Å². The van der Waals surface area contributed by atoms with Crippen LogP contribution in [0.15, 0.2) is 0 Å². The SMILES string of the molecule is CCOCCN(C)C1(CN)CCN(CC(C)C)CC1. The third kappa shape index (κ3) is 5.03. The molecule has 4 heteroatoms. The van der Waals surface area contributed by atoms with Gasteiger partial charge in [-0.05, 0) is 45.8 Å². The highest BCUT2D eigenvalue weighted by atomic mass is 16.5. The highest BCUT2D eigenvalue weighted by Gasteiger charge is 2.36. The third-order valence-electron chi connectivity index (χ3n) is 4.37. The second-order valence-corrected chi connectivity index (χ2v) is 6.24. The number of nitrogens with two attached hydrogens (primary N) is 1. The molecule has 114 valence electrons. The zero-order valence-corrected chi connectivity index (χ0v) is 13.3. The molecule has 1 saturated heterocycles. The van der Waals surface area contributed by atoms with Gasteiger partial charge in [-0.1, -0.05) is 13.8 Å². The Labute approximate surface area is 119 Å². The molecule has 1 fully saturated rings. The average molecular weight is 271 g/mol. The minimum Gasteiger partial charge on any atom is -0.380 e. The Balaban J connectivity index is 2.44. The van der Waals surface area contributed by atoms with Crippen molar-refractivity contribution in [2.45, 2.75) is 39.2 Å². The lowest BCUT2D eigenvalue weighted by atomic mass is 9.85. The monoisotopic (exact) mass is 271 g/mol. The van der Waals surface area contributed by atoms with E-state index < -0.39 is 0 Å². The van der Waals surface area contributed by atoms with Gasteiger partial charge in [-0.3, -0.25) is 4.90 Å². The maximum absolute atomic E-state index is 6.09. The van der Waals surface area contributed by atoms with Crippen molar-refractivity contribution in [1.29, 1.82) is 0 Å². The summed E-state index contributed by atoms with van der Waals surface area (Å²) >= 11 is 0. The molecule has 0 radical (unpaired) electrons. The minimum atomic E-state index is 0.185. The Bertz CT molecular complexity index is 238. The first-order valence-corrected chi connectivity index (χ1v) is 7.75. The van der Waals surface area contributed by atoms with Crippen LogP contribution in [0.1, 0.15) is 33.6 Å². The van der Waals surface area contributed by atoms with Crippen LogP contribution in [0.3, 0.4) is 0 Å². The van der Waals surface area contributed by atoms with Gasteiger partial charge in [0.25, 0.3) is 0 Å². The summed E-state index contributed by atoms with van der Waals surface area (Å²) < 4.78 is 5.47. The van der Waals surface area contributed by atoms with E-state index in [2.05, 4.69) is 30.7 Å². The van der Waals surface area contributed by atoms with E-state index in [1.54, 1.807) is 0 Å². The van der Waals surface area contributed by atoms with E-state index in [0.29, 0.717) is 0 Å². The van der Waals surface area contributed by atoms with Crippen molar-refractivity contribution < 1.29 is 4.74 Å². The Morgan fingerprint density at radius 1 is 1.32 bits per heavy atom. The van der Waals surface area contributed by atoms with Crippen molar-refractivity contribution in [1.82, 2.24) is 9.80 Å². The Kier molecular flexibility index (Phi) is 7.29. The van der Waals surface area contributed by atoms with Gasteiger partial charge in [0.15, 0.2) is 0 Å². The highest BCUT2D eigenvalue weighted by Crippen LogP contribution is 2.27. The molecule has 1 aliphatic heterocycles. The van der Waals surface area contributed by atoms with Crippen LogP contribution < -0.4 is 5.73 Å². The normalized spacial score (nSPS) is 20.4. The molecule has 0 saturated carbocycles. The maximum atomic E-state index is 6.09. The van der Waals surface area contributed by atoms with Gasteiger partial charge in [0, 0.05) is 31.8 Å². The average Bonchev–Trinajstić information content (AvgIpc) is 2.39. The number of nitrogens with zero attached hydrogens (tertiary/aromatic N) is 2. The van der Waals surface area contributed by atoms with Crippen molar-refractivity contribution in [3.05, 3.63) is 0 Å². The van der Waals surface area contributed by atoms with E-state index in [0.717, 1.165) is 32.2 Å². The van der Waals surface area contributed by atoms with E-state index in [9.17, 15) is 0 Å². The molecule has 0 bridgehead atoms. The first kappa shape index (κ1) is 16.9. The zero-order valence-electron chi connectivity index (χ0n) is 13.3. The van der Waals surface area contributed by atoms with Crippen LogP contribution in [-0.2, 0) is 4.74 Å². The van der Waals surface area contributed by atoms with Gasteiger partial charge in [-0.25, -0.2) is 0 Å². The Hall–Kier alpha value is -0.160. The Morgan fingerprint density at radius 3 is 2.42 bits per heavy atom. The second kappa shape index (κ2) is 8.20. The van der Waals surface area contributed by atoms with Gasteiger partial charge in [-0.15, -0.1) is 0 Å². The van der Waals surface area contributed by atoms with E-state index in [1.165, 1.54) is 32.5 Å². The molecule has 0 aromatic carbocycles. The fourth-order valence-electron chi connectivity index (χ4n) is 2.99. The number of hydrogen-bond acceptors (Lipinski definition) is 4. The number of likely N-dealkylation sites (tertiary alicyclic amines) is 1. The number of piperidine rings is 1. The van der Waals surface area contributed by atoms with Crippen molar-refractivity contribution >= 4 is 0 Å². The van der Waals surface area contributed by atoms with Crippen LogP contribution in [0.4, 0.5) is 0 Å². The van der Waals surface area contributed by atoms with E-state index in [-0.39, 0.29) is 5.54 Å². The van der Waals surface area contributed by atoms with E-state index >= 15 is 0 Å². The number of ether oxygens (including phenoxy) is 1. The molecule has 0 aliphatic carbocycles. The summed E-state index contributed by atoms with van der Waals surface area (Å²) in [5, 5.41) is 0. The molecule has 19 heavy (non-hydrogen) atoms. The molecule has 0 atom stereocenters. The lowest BCUT2D eigenvalue weighted by molar-refractivity contribution is 0.0204. The second-order valence-electron chi connectivity index (χ2n) is 6.24. The molecule has 2 N–H and O–H groups in total. The molecule has 0 spiro atoms. The first-order valence-electron chi connectivity index (χ1n) is 7.75. The van der Waals surface area contributed by atoms with Gasteiger partial charge in [-0.2, -0.15) is 0 Å². The number of likely N-dealkylation sites (N-methyl/N-ethyl adjacent to an activating group) is 1. The summed E-state index contributed by atoms with van der Waals surface area (Å²) in [6.45, 7) is 13.5. The van der Waals surface area contributed by atoms with Crippen LogP contribution in [0.2, 0.25) is 0 Å². The van der Waals surface area contributed by atoms with E-state index in [4.69, 9.17) is 10.5 Å². The zero-order chi connectivity index (χ0) is 14.3. The molecule has 0 unspecified atom stereocenters. The van der Waals surface area contributed by atoms with Gasteiger partial charge < -0.3 is 15.4 Å². The molecule has 0 aromatic rings. The Morgan fingerprint density at radius 2 is 1.95 bits per heavy atom. The topological polar surface area (TPSA) is 41.7 Å². The molecule has 0 amide bonds. The third-order valence-corrected chi connectivity index (χ3v) is 4.37. The van der Waals surface area contributed by atoms with Crippen LogP contribution in [0.25, 0.3) is 0 Å². The fraction of sp³-hybridized carbons (Fsp3) is 1.00. The van der Waals surface area contributed by atoms with Gasteiger partial charge in [0.2, 0.25) is 0 Å². The predicted molar refractivity (Wildman–Crippen MR) is 81.4 cm³/mol. The van der Waals surface area contributed by atoms with Crippen LogP contribution >= 0.6 is 0 Å². The first-order chi connectivity index (χ1) is 9.04. The van der Waals surface area contributed by atoms with Crippen molar-refractivity contribution in [3.8, 4) is 0 Å². The summed E-state index contributed by atoms with van der Waals surface area (Å²) in [5.74, 6) is 0.751. The minimum absolute atomic E-state index is 0.185. The molecular weight excluding hydrogens is 238 g/mol. The maximum Gasteiger partial charge on any atom is 0.0593 e. The molecule has 4 nitrogen and oxygen atoms in total. The summed E-state index contributed by atoms with van der Waals surface area (Å²) in [5.41, 5.74) is 6.27. The van der Waals surface area contributed by atoms with Gasteiger partial charge in [0.1, 0.15) is 0 Å². The smallest absolute Gasteiger partial charge is 0.0593 e. The summed E-state index contributed by atoms with van der Waals surface area (Å²) in [6, 6.07) is 0. The summed E-state index contributed by atoms with van der Waals surface area (Å²) in [7, 11) is 2.20. The lowest BCUT2D eigenvalue weighted by Crippen LogP contribution is -2.59. The molecule has 0 aromatic heterocycles. The molecule has 1 aliphatic rings. The number of rotatable bonds is 8. The quantitative estimate of drug-likeness (QED) is 0.678. The fourth-order valence-corrected chi connectivity index (χ4v) is 2.99. The van der Waals surface area contributed by atoms with Crippen molar-refractivity contribution in [3.63, 3.8) is 0 Å². The standard InChI is InChI=1S/C15H33N3O/c1-5-19-11-10-17(4)15(13-16)6-8-18(9-7-15)12-14(2)3/h14H,5-13,16H2,1-4H3. The molecule has 1 heterocycles. The lowest BCUT2D eigenvalue weighted by Gasteiger charge is -2.47. The summed E-state index contributed by atoms with van der Waals surface area (Å²) in [4.78, 5) is 5.00. The van der Waals surface area contributed by atoms with Gasteiger partial charge >= 0.3 is 0 Å². The van der Waals surface area contributed by atoms with Gasteiger partial charge in [0.05, 0.1) is 6.61 Å². The molecule has 1 rings (SSSR count). The summed E-state index contributed by atoms with van der Waals surface area (Å²) in [6.07, 6.45) is 2.36. The van der Waals surface area contributed by atoms with Crippen molar-refractivity contribution in [2.24, 2.45) is 11.7 Å². The predicted octanol–water partition coefficient (Wildman–Crippen LogP) is 1.40. The van der Waals surface area contributed by atoms with Crippen LogP contribution in [0.5, 0.6) is 0 Å². The van der Waals surface area contributed by atoms with E-state index in [1.807, 2.05) is 6.92 Å².